The molecule has 0 saturated heterocycles. The maximum Gasteiger partial charge on any atom is 0.332 e. The van der Waals surface area contributed by atoms with Crippen LogP contribution in [0.2, 0.25) is 0 Å². The molecular weight excluding hydrogens is 312 g/mol. The summed E-state index contributed by atoms with van der Waals surface area (Å²) < 4.78 is 3.74. The smallest absolute Gasteiger partial charge is 0.332 e. The first kappa shape index (κ1) is 17.9. The molecule has 2 aromatic heterocycles. The van der Waals surface area contributed by atoms with Gasteiger partial charge in [-0.1, -0.05) is 13.8 Å². The molecule has 3 N–H and O–H groups in total. The Balaban J connectivity index is 2.40. The van der Waals surface area contributed by atoms with Gasteiger partial charge in [-0.2, -0.15) is 0 Å². The first-order valence-electron chi connectivity index (χ1n) is 7.92. The number of nitrogens with two attached hydrogens (primary N) is 1. The highest BCUT2D eigenvalue weighted by Crippen LogP contribution is 2.13. The maximum absolute atomic E-state index is 12.4. The molecule has 2 rings (SSSR count). The zero-order valence-corrected chi connectivity index (χ0v) is 14.5. The summed E-state index contributed by atoms with van der Waals surface area (Å²) in [6, 6.07) is 0. The van der Waals surface area contributed by atoms with Crippen LogP contribution >= 0.6 is 0 Å². The molecule has 9 heteroatoms. The van der Waals surface area contributed by atoms with Gasteiger partial charge >= 0.3 is 5.69 Å². The van der Waals surface area contributed by atoms with E-state index in [-0.39, 0.29) is 23.6 Å². The van der Waals surface area contributed by atoms with E-state index < -0.39 is 16.8 Å². The number of nitrogens with one attached hydrogen (secondary N) is 1. The Morgan fingerprint density at radius 2 is 1.88 bits per heavy atom. The molecule has 0 aliphatic heterocycles. The number of aryl methyl sites for hydroxylation is 1. The van der Waals surface area contributed by atoms with Crippen LogP contribution in [0.5, 0.6) is 0 Å². The molecule has 0 aliphatic rings. The minimum Gasteiger partial charge on any atom is -0.348 e. The lowest BCUT2D eigenvalue weighted by Gasteiger charge is -2.31. The number of fused-ring (bicyclic) bond motifs is 1. The van der Waals surface area contributed by atoms with E-state index in [2.05, 4.69) is 10.3 Å². The molecule has 0 fully saturated rings. The molecule has 1 amide bonds. The van der Waals surface area contributed by atoms with E-state index in [0.717, 1.165) is 4.57 Å². The Hall–Kier alpha value is -2.42. The first-order chi connectivity index (χ1) is 11.3. The van der Waals surface area contributed by atoms with Crippen LogP contribution < -0.4 is 22.3 Å². The Morgan fingerprint density at radius 3 is 2.42 bits per heavy atom. The van der Waals surface area contributed by atoms with Gasteiger partial charge in [-0.3, -0.25) is 18.7 Å². The molecule has 2 heterocycles. The minimum atomic E-state index is -0.477. The molecule has 9 nitrogen and oxygen atoms in total. The SMILES string of the molecule is CCC(CC)(CN)NC(=O)Cn1cnc2c1c(=O)n(C)c(=O)n2C. The number of nitrogens with zero attached hydrogens (tertiary/aromatic N) is 4. The predicted octanol–water partition coefficient (Wildman–Crippen LogP) is -0.933. The van der Waals surface area contributed by atoms with E-state index in [0.29, 0.717) is 19.4 Å². The van der Waals surface area contributed by atoms with Crippen molar-refractivity contribution in [1.29, 1.82) is 0 Å². The van der Waals surface area contributed by atoms with Gasteiger partial charge in [0.15, 0.2) is 11.2 Å². The van der Waals surface area contributed by atoms with Gasteiger partial charge in [-0.25, -0.2) is 9.78 Å². The Labute approximate surface area is 139 Å². The Bertz CT molecular complexity index is 863. The molecule has 0 unspecified atom stereocenters. The lowest BCUT2D eigenvalue weighted by molar-refractivity contribution is -0.123. The molecule has 132 valence electrons. The topological polar surface area (TPSA) is 117 Å². The summed E-state index contributed by atoms with van der Waals surface area (Å²) in [5, 5.41) is 2.95. The lowest BCUT2D eigenvalue weighted by Crippen LogP contribution is -2.53. The van der Waals surface area contributed by atoms with Gasteiger partial charge in [-0.05, 0) is 12.8 Å². The quantitative estimate of drug-likeness (QED) is 0.706. The average molecular weight is 336 g/mol. The Morgan fingerprint density at radius 1 is 1.25 bits per heavy atom. The van der Waals surface area contributed by atoms with E-state index in [1.165, 1.54) is 29.6 Å². The number of carbonyl (C=O) groups is 1. The monoisotopic (exact) mass is 336 g/mol. The van der Waals surface area contributed by atoms with Crippen molar-refractivity contribution < 1.29 is 4.79 Å². The number of imidazole rings is 1. The van der Waals surface area contributed by atoms with E-state index in [1.54, 1.807) is 0 Å². The first-order valence-corrected chi connectivity index (χ1v) is 7.92. The highest BCUT2D eigenvalue weighted by Gasteiger charge is 2.26. The molecule has 0 spiro atoms. The normalized spacial score (nSPS) is 11.9. The summed E-state index contributed by atoms with van der Waals surface area (Å²) >= 11 is 0. The zero-order chi connectivity index (χ0) is 18.1. The maximum atomic E-state index is 12.4. The molecule has 2 aromatic rings. The number of hydrogen-bond donors (Lipinski definition) is 2. The van der Waals surface area contributed by atoms with Gasteiger partial charge in [0.25, 0.3) is 5.56 Å². The number of rotatable bonds is 6. The van der Waals surface area contributed by atoms with Gasteiger partial charge in [0.05, 0.1) is 11.9 Å². The van der Waals surface area contributed by atoms with Crippen molar-refractivity contribution in [3.05, 3.63) is 27.2 Å². The predicted molar refractivity (Wildman–Crippen MR) is 90.7 cm³/mol. The van der Waals surface area contributed by atoms with Crippen LogP contribution in [0.3, 0.4) is 0 Å². The summed E-state index contributed by atoms with van der Waals surface area (Å²) in [6.45, 7) is 4.21. The van der Waals surface area contributed by atoms with Crippen LogP contribution in [0.1, 0.15) is 26.7 Å². The summed E-state index contributed by atoms with van der Waals surface area (Å²) in [6.07, 6.45) is 2.83. The standard InChI is InChI=1S/C15H24N6O3/c1-5-15(6-2,8-16)18-10(22)7-21-9-17-12-11(21)13(23)20(4)14(24)19(12)3/h9H,5-8,16H2,1-4H3,(H,18,22). The zero-order valence-electron chi connectivity index (χ0n) is 14.5. The van der Waals surface area contributed by atoms with Crippen LogP contribution in [0.25, 0.3) is 11.2 Å². The number of carbonyl (C=O) groups excluding carboxylic acids is 1. The molecule has 0 atom stereocenters. The molecule has 0 aromatic carbocycles. The van der Waals surface area contributed by atoms with Crippen molar-refractivity contribution in [2.24, 2.45) is 19.8 Å². The van der Waals surface area contributed by atoms with Gasteiger partial charge < -0.3 is 15.6 Å². The van der Waals surface area contributed by atoms with Gasteiger partial charge in [-0.15, -0.1) is 0 Å². The fourth-order valence-electron chi connectivity index (χ4n) is 2.77. The van der Waals surface area contributed by atoms with Crippen molar-refractivity contribution in [3.63, 3.8) is 0 Å². The van der Waals surface area contributed by atoms with Gasteiger partial charge in [0.1, 0.15) is 6.54 Å². The van der Waals surface area contributed by atoms with Crippen LogP contribution in [-0.4, -0.2) is 36.7 Å². The molecule has 0 radical (unpaired) electrons. The summed E-state index contributed by atoms with van der Waals surface area (Å²) in [5.41, 5.74) is 4.89. The van der Waals surface area contributed by atoms with Crippen LogP contribution in [0, 0.1) is 0 Å². The molecule has 0 aliphatic carbocycles. The second-order valence-electron chi connectivity index (χ2n) is 5.99. The number of amides is 1. The minimum absolute atomic E-state index is 0.0638. The fourth-order valence-corrected chi connectivity index (χ4v) is 2.77. The third-order valence-corrected chi connectivity index (χ3v) is 4.68. The summed E-state index contributed by atoms with van der Waals surface area (Å²) in [5.74, 6) is -0.251. The van der Waals surface area contributed by atoms with Crippen LogP contribution in [0.15, 0.2) is 15.9 Å². The van der Waals surface area contributed by atoms with E-state index in [9.17, 15) is 14.4 Å². The van der Waals surface area contributed by atoms with Crippen LogP contribution in [0.4, 0.5) is 0 Å². The van der Waals surface area contributed by atoms with Crippen molar-refractivity contribution in [3.8, 4) is 0 Å². The number of hydrogen-bond acceptors (Lipinski definition) is 5. The fraction of sp³-hybridized carbons (Fsp3) is 0.600. The highest BCUT2D eigenvalue weighted by atomic mass is 16.2. The summed E-state index contributed by atoms with van der Waals surface area (Å²) in [7, 11) is 2.93. The highest BCUT2D eigenvalue weighted by molar-refractivity contribution is 5.79. The molecule has 0 saturated carbocycles. The van der Waals surface area contributed by atoms with Crippen molar-refractivity contribution in [2.45, 2.75) is 38.8 Å². The van der Waals surface area contributed by atoms with Gasteiger partial charge in [0.2, 0.25) is 5.91 Å². The largest absolute Gasteiger partial charge is 0.348 e. The second-order valence-corrected chi connectivity index (χ2v) is 5.99. The van der Waals surface area contributed by atoms with Crippen molar-refractivity contribution in [2.75, 3.05) is 6.54 Å². The third kappa shape index (κ3) is 2.86. The van der Waals surface area contributed by atoms with E-state index >= 15 is 0 Å². The Kier molecular flexibility index (Phi) is 4.93. The third-order valence-electron chi connectivity index (χ3n) is 4.68. The van der Waals surface area contributed by atoms with Crippen LogP contribution in [-0.2, 0) is 25.4 Å². The van der Waals surface area contributed by atoms with E-state index in [4.69, 9.17) is 5.73 Å². The lowest BCUT2D eigenvalue weighted by atomic mass is 9.93. The number of aromatic nitrogens is 4. The van der Waals surface area contributed by atoms with Gasteiger partial charge in [0, 0.05) is 20.6 Å². The average Bonchev–Trinajstić information content (AvgIpc) is 2.99. The molecule has 0 bridgehead atoms. The summed E-state index contributed by atoms with van der Waals surface area (Å²) in [4.78, 5) is 40.8. The molecular formula is C15H24N6O3. The van der Waals surface area contributed by atoms with Crippen molar-refractivity contribution in [1.82, 2.24) is 24.0 Å². The van der Waals surface area contributed by atoms with Crippen molar-refractivity contribution >= 4 is 17.1 Å². The van der Waals surface area contributed by atoms with E-state index in [1.807, 2.05) is 13.8 Å². The molecule has 24 heavy (non-hydrogen) atoms. The second kappa shape index (κ2) is 6.60.